The van der Waals surface area contributed by atoms with E-state index in [4.69, 9.17) is 4.52 Å². The minimum Gasteiger partial charge on any atom is -0.358 e. The van der Waals surface area contributed by atoms with Crippen molar-refractivity contribution in [1.82, 2.24) is 5.16 Å². The van der Waals surface area contributed by atoms with Crippen molar-refractivity contribution in [3.8, 4) is 11.3 Å². The van der Waals surface area contributed by atoms with Gasteiger partial charge in [-0.25, -0.2) is 0 Å². The monoisotopic (exact) mass is 190 g/mol. The van der Waals surface area contributed by atoms with Gasteiger partial charge in [0.05, 0.1) is 6.07 Å². The van der Waals surface area contributed by atoms with Crippen LogP contribution in [0.25, 0.3) is 11.3 Å². The molecule has 0 radical (unpaired) electrons. The molecule has 1 aromatic heterocycles. The van der Waals surface area contributed by atoms with E-state index in [2.05, 4.69) is 5.16 Å². The van der Waals surface area contributed by atoms with Gasteiger partial charge >= 0.3 is 5.82 Å². The van der Waals surface area contributed by atoms with Crippen molar-refractivity contribution in [2.45, 2.75) is 0 Å². The van der Waals surface area contributed by atoms with Crippen molar-refractivity contribution in [3.63, 3.8) is 0 Å². The zero-order valence-corrected chi connectivity index (χ0v) is 7.08. The molecule has 5 heteroatoms. The summed E-state index contributed by atoms with van der Waals surface area (Å²) in [6.07, 6.45) is 0. The molecule has 0 saturated carbocycles. The second-order valence-electron chi connectivity index (χ2n) is 2.67. The first-order valence-electron chi connectivity index (χ1n) is 3.94. The van der Waals surface area contributed by atoms with Gasteiger partial charge in [0.1, 0.15) is 0 Å². The minimum atomic E-state index is -0.587. The number of aromatic nitrogens is 1. The highest BCUT2D eigenvalue weighted by Crippen LogP contribution is 2.22. The van der Waals surface area contributed by atoms with Crippen molar-refractivity contribution >= 4 is 5.82 Å². The lowest BCUT2D eigenvalue weighted by Crippen LogP contribution is -1.85. The third kappa shape index (κ3) is 1.47. The van der Waals surface area contributed by atoms with Crippen molar-refractivity contribution < 1.29 is 9.45 Å². The van der Waals surface area contributed by atoms with Crippen molar-refractivity contribution in [2.24, 2.45) is 0 Å². The van der Waals surface area contributed by atoms with Gasteiger partial charge in [-0.05, 0) is 4.92 Å². The van der Waals surface area contributed by atoms with Crippen LogP contribution in [0.4, 0.5) is 5.82 Å². The Morgan fingerprint density at radius 3 is 2.57 bits per heavy atom. The van der Waals surface area contributed by atoms with Gasteiger partial charge in [0, 0.05) is 5.56 Å². The second kappa shape index (κ2) is 3.29. The smallest absolute Gasteiger partial charge is 0.358 e. The van der Waals surface area contributed by atoms with Crippen molar-refractivity contribution in [1.29, 1.82) is 0 Å². The molecule has 70 valence electrons. The molecule has 0 saturated heterocycles. The molecule has 0 spiro atoms. The summed E-state index contributed by atoms with van der Waals surface area (Å²) in [5, 5.41) is 13.6. The maximum Gasteiger partial charge on any atom is 0.414 e. The van der Waals surface area contributed by atoms with Crippen LogP contribution in [0, 0.1) is 10.1 Å². The van der Waals surface area contributed by atoms with Gasteiger partial charge in [-0.3, -0.25) is 4.52 Å². The summed E-state index contributed by atoms with van der Waals surface area (Å²) < 4.78 is 4.82. The van der Waals surface area contributed by atoms with Crippen LogP contribution in [-0.4, -0.2) is 10.1 Å². The van der Waals surface area contributed by atoms with Crippen LogP contribution in [0.3, 0.4) is 0 Å². The van der Waals surface area contributed by atoms with Gasteiger partial charge in [-0.15, -0.1) is 0 Å². The number of hydrogen-bond donors (Lipinski definition) is 0. The maximum atomic E-state index is 10.3. The molecule has 0 bridgehead atoms. The Balaban J connectivity index is 2.39. The second-order valence-corrected chi connectivity index (χ2v) is 2.67. The van der Waals surface area contributed by atoms with E-state index in [9.17, 15) is 10.1 Å². The molecule has 2 aromatic rings. The Labute approximate surface area is 79.1 Å². The molecule has 2 rings (SSSR count). The predicted molar refractivity (Wildman–Crippen MR) is 48.6 cm³/mol. The lowest BCUT2D eigenvalue weighted by atomic mass is 10.2. The first kappa shape index (κ1) is 8.43. The van der Waals surface area contributed by atoms with Crippen LogP contribution < -0.4 is 0 Å². The van der Waals surface area contributed by atoms with Gasteiger partial charge in [0.2, 0.25) is 5.76 Å². The SMILES string of the molecule is O=[N+]([O-])c1cc(-c2ccccc2)on1. The van der Waals surface area contributed by atoms with Crippen LogP contribution in [0.1, 0.15) is 0 Å². The fourth-order valence-corrected chi connectivity index (χ4v) is 1.09. The molecule has 0 aliphatic rings. The van der Waals surface area contributed by atoms with E-state index in [0.717, 1.165) is 5.56 Å². The third-order valence-electron chi connectivity index (χ3n) is 1.74. The quantitative estimate of drug-likeness (QED) is 0.537. The van der Waals surface area contributed by atoms with Gasteiger partial charge in [-0.2, -0.15) is 0 Å². The molecule has 0 amide bonds. The molecule has 5 nitrogen and oxygen atoms in total. The molecular weight excluding hydrogens is 184 g/mol. The molecule has 1 heterocycles. The summed E-state index contributed by atoms with van der Waals surface area (Å²) in [7, 11) is 0. The average molecular weight is 190 g/mol. The largest absolute Gasteiger partial charge is 0.414 e. The van der Waals surface area contributed by atoms with Crippen LogP contribution in [0.15, 0.2) is 40.9 Å². The minimum absolute atomic E-state index is 0.274. The van der Waals surface area contributed by atoms with Crippen LogP contribution in [0.5, 0.6) is 0 Å². The zero-order chi connectivity index (χ0) is 9.97. The number of hydrogen-bond acceptors (Lipinski definition) is 4. The zero-order valence-electron chi connectivity index (χ0n) is 7.08. The van der Waals surface area contributed by atoms with Crippen molar-refractivity contribution in [3.05, 3.63) is 46.5 Å². The van der Waals surface area contributed by atoms with E-state index in [1.807, 2.05) is 18.2 Å². The number of nitro groups is 1. The Bertz CT molecular complexity index is 450. The first-order chi connectivity index (χ1) is 6.77. The fourth-order valence-electron chi connectivity index (χ4n) is 1.09. The highest BCUT2D eigenvalue weighted by molar-refractivity contribution is 5.58. The van der Waals surface area contributed by atoms with Gasteiger partial charge in [0.15, 0.2) is 5.16 Å². The molecule has 0 aliphatic carbocycles. The molecule has 0 unspecified atom stereocenters. The Kier molecular flexibility index (Phi) is 1.98. The number of benzene rings is 1. The first-order valence-corrected chi connectivity index (χ1v) is 3.94. The lowest BCUT2D eigenvalue weighted by Gasteiger charge is -1.89. The van der Waals surface area contributed by atoms with Gasteiger partial charge < -0.3 is 10.1 Å². The van der Waals surface area contributed by atoms with Crippen molar-refractivity contribution in [2.75, 3.05) is 0 Å². The predicted octanol–water partition coefficient (Wildman–Crippen LogP) is 2.25. The van der Waals surface area contributed by atoms with E-state index in [1.165, 1.54) is 6.07 Å². The number of rotatable bonds is 2. The Morgan fingerprint density at radius 1 is 1.29 bits per heavy atom. The van der Waals surface area contributed by atoms with E-state index in [0.29, 0.717) is 5.76 Å². The van der Waals surface area contributed by atoms with Gasteiger partial charge in [0.25, 0.3) is 0 Å². The van der Waals surface area contributed by atoms with E-state index in [1.54, 1.807) is 12.1 Å². The maximum absolute atomic E-state index is 10.3. The standard InChI is InChI=1S/C9H6N2O3/c12-11(13)9-6-8(14-10-9)7-4-2-1-3-5-7/h1-6H. The molecule has 0 fully saturated rings. The van der Waals surface area contributed by atoms with Crippen LogP contribution in [-0.2, 0) is 0 Å². The molecule has 0 atom stereocenters. The summed E-state index contributed by atoms with van der Waals surface area (Å²) in [6.45, 7) is 0. The van der Waals surface area contributed by atoms with E-state index >= 15 is 0 Å². The molecule has 0 N–H and O–H groups in total. The molecule has 1 aromatic carbocycles. The normalized spacial score (nSPS) is 10.0. The topological polar surface area (TPSA) is 69.2 Å². The molecule has 14 heavy (non-hydrogen) atoms. The summed E-state index contributed by atoms with van der Waals surface area (Å²) in [4.78, 5) is 9.74. The van der Waals surface area contributed by atoms with Crippen LogP contribution in [0.2, 0.25) is 0 Å². The lowest BCUT2D eigenvalue weighted by molar-refractivity contribution is -0.390. The summed E-state index contributed by atoms with van der Waals surface area (Å²) in [6, 6.07) is 10.4. The summed E-state index contributed by atoms with van der Waals surface area (Å²) in [5.41, 5.74) is 0.771. The molecular formula is C9H6N2O3. The number of nitrogens with zero attached hydrogens (tertiary/aromatic N) is 2. The Morgan fingerprint density at radius 2 is 2.00 bits per heavy atom. The highest BCUT2D eigenvalue weighted by Gasteiger charge is 2.15. The third-order valence-corrected chi connectivity index (χ3v) is 1.74. The average Bonchev–Trinajstić information content (AvgIpc) is 2.68. The highest BCUT2D eigenvalue weighted by atomic mass is 16.6. The Hall–Kier alpha value is -2.17. The fraction of sp³-hybridized carbons (Fsp3) is 0. The molecule has 0 aliphatic heterocycles. The van der Waals surface area contributed by atoms with Gasteiger partial charge in [-0.1, -0.05) is 30.3 Å². The van der Waals surface area contributed by atoms with E-state index in [-0.39, 0.29) is 5.82 Å². The summed E-state index contributed by atoms with van der Waals surface area (Å²) >= 11 is 0. The summed E-state index contributed by atoms with van der Waals surface area (Å²) in [5.74, 6) is 0.126. The van der Waals surface area contributed by atoms with Crippen LogP contribution >= 0.6 is 0 Å². The van der Waals surface area contributed by atoms with E-state index < -0.39 is 4.92 Å².